The highest BCUT2D eigenvalue weighted by Gasteiger charge is 2.48. The number of nitrogens with one attached hydrogen (secondary N) is 1. The number of ketones is 1. The first-order chi connectivity index (χ1) is 13.4. The van der Waals surface area contributed by atoms with E-state index in [-0.39, 0.29) is 12.2 Å². The largest absolute Gasteiger partial charge is 0.329 e. The summed E-state index contributed by atoms with van der Waals surface area (Å²) in [4.78, 5) is 39.1. The summed E-state index contributed by atoms with van der Waals surface area (Å²) < 4.78 is 0. The molecule has 0 radical (unpaired) electrons. The molecule has 0 bridgehead atoms. The Bertz CT molecular complexity index is 976. The SMILES string of the molecule is CC(C)(C)C(=O)c1ccc(CC2(C)NC(=O)N(c3cc(Cl)cc(Cl)c3)C2=O)cc1. The fraction of sp³-hybridized carbons (Fsp3) is 0.318. The smallest absolute Gasteiger partial charge is 0.323 e. The molecular formula is C22H22Cl2N2O3. The second-order valence-corrected chi connectivity index (χ2v) is 9.36. The van der Waals surface area contributed by atoms with E-state index < -0.39 is 22.9 Å². The van der Waals surface area contributed by atoms with E-state index in [2.05, 4.69) is 5.32 Å². The lowest BCUT2D eigenvalue weighted by atomic mass is 9.85. The van der Waals surface area contributed by atoms with Gasteiger partial charge in [-0.25, -0.2) is 9.69 Å². The van der Waals surface area contributed by atoms with Crippen LogP contribution in [0.1, 0.15) is 43.6 Å². The minimum atomic E-state index is -1.12. The molecule has 3 rings (SSSR count). The number of amides is 3. The number of Topliss-reactive ketones (excluding diaryl/α,β-unsaturated/α-hetero) is 1. The van der Waals surface area contributed by atoms with E-state index in [4.69, 9.17) is 23.2 Å². The van der Waals surface area contributed by atoms with Gasteiger partial charge in [-0.15, -0.1) is 0 Å². The van der Waals surface area contributed by atoms with Crippen molar-refractivity contribution in [1.82, 2.24) is 5.32 Å². The maximum Gasteiger partial charge on any atom is 0.329 e. The number of halogens is 2. The first kappa shape index (κ1) is 21.3. The van der Waals surface area contributed by atoms with Crippen molar-refractivity contribution in [3.05, 3.63) is 63.6 Å². The van der Waals surface area contributed by atoms with Gasteiger partial charge >= 0.3 is 6.03 Å². The zero-order chi connectivity index (χ0) is 21.6. The van der Waals surface area contributed by atoms with Gasteiger partial charge in [-0.1, -0.05) is 68.2 Å². The Kier molecular flexibility index (Phi) is 5.50. The van der Waals surface area contributed by atoms with Gasteiger partial charge in [-0.2, -0.15) is 0 Å². The first-order valence-corrected chi connectivity index (χ1v) is 9.93. The van der Waals surface area contributed by atoms with E-state index in [9.17, 15) is 14.4 Å². The molecule has 1 aliphatic rings. The zero-order valence-electron chi connectivity index (χ0n) is 16.7. The van der Waals surface area contributed by atoms with Gasteiger partial charge in [0.25, 0.3) is 5.91 Å². The molecule has 1 aliphatic heterocycles. The van der Waals surface area contributed by atoms with E-state index >= 15 is 0 Å². The van der Waals surface area contributed by atoms with Crippen LogP contribution in [0.25, 0.3) is 0 Å². The summed E-state index contributed by atoms with van der Waals surface area (Å²) in [5, 5.41) is 3.43. The summed E-state index contributed by atoms with van der Waals surface area (Å²) in [6.45, 7) is 7.28. The average Bonchev–Trinajstić information content (AvgIpc) is 2.82. The molecule has 0 aliphatic carbocycles. The number of nitrogens with zero attached hydrogens (tertiary/aromatic N) is 1. The van der Waals surface area contributed by atoms with Crippen LogP contribution in [0.15, 0.2) is 42.5 Å². The first-order valence-electron chi connectivity index (χ1n) is 9.17. The number of carbonyl (C=O) groups excluding carboxylic acids is 3. The molecule has 3 amide bonds. The van der Waals surface area contributed by atoms with Crippen molar-refractivity contribution < 1.29 is 14.4 Å². The van der Waals surface area contributed by atoms with Crippen LogP contribution in [-0.2, 0) is 11.2 Å². The standard InChI is InChI=1S/C22H22Cl2N2O3/c1-21(2,3)18(27)14-7-5-13(6-8-14)12-22(4)19(28)26(20(29)25-22)17-10-15(23)9-16(24)11-17/h5-11H,12H2,1-4H3,(H,25,29). The summed E-state index contributed by atoms with van der Waals surface area (Å²) in [7, 11) is 0. The molecule has 7 heteroatoms. The number of imide groups is 1. The van der Waals surface area contributed by atoms with Gasteiger partial charge < -0.3 is 5.32 Å². The fourth-order valence-electron chi connectivity index (χ4n) is 3.32. The minimum Gasteiger partial charge on any atom is -0.323 e. The van der Waals surface area contributed by atoms with Crippen molar-refractivity contribution >= 4 is 46.6 Å². The molecule has 0 aromatic heterocycles. The highest BCUT2D eigenvalue weighted by atomic mass is 35.5. The van der Waals surface area contributed by atoms with E-state index in [1.165, 1.54) is 18.2 Å². The average molecular weight is 433 g/mol. The van der Waals surface area contributed by atoms with Gasteiger partial charge in [0.2, 0.25) is 0 Å². The van der Waals surface area contributed by atoms with Crippen molar-refractivity contribution in [1.29, 1.82) is 0 Å². The molecule has 2 aromatic rings. The van der Waals surface area contributed by atoms with Crippen LogP contribution < -0.4 is 10.2 Å². The maximum absolute atomic E-state index is 13.1. The summed E-state index contributed by atoms with van der Waals surface area (Å²) in [5.41, 5.74) is 0.170. The number of carbonyl (C=O) groups is 3. The van der Waals surface area contributed by atoms with Crippen LogP contribution in [0.2, 0.25) is 10.0 Å². The molecule has 2 aromatic carbocycles. The van der Waals surface area contributed by atoms with Gasteiger partial charge in [-0.3, -0.25) is 9.59 Å². The molecule has 5 nitrogen and oxygen atoms in total. The number of anilines is 1. The van der Waals surface area contributed by atoms with Crippen molar-refractivity contribution in [2.75, 3.05) is 4.90 Å². The molecule has 1 N–H and O–H groups in total. The lowest BCUT2D eigenvalue weighted by molar-refractivity contribution is -0.121. The van der Waals surface area contributed by atoms with E-state index in [1.807, 2.05) is 32.9 Å². The van der Waals surface area contributed by atoms with Gasteiger partial charge in [0.1, 0.15) is 5.54 Å². The van der Waals surface area contributed by atoms with Crippen LogP contribution in [0, 0.1) is 5.41 Å². The Morgan fingerprint density at radius 3 is 2.10 bits per heavy atom. The molecular weight excluding hydrogens is 411 g/mol. The monoisotopic (exact) mass is 432 g/mol. The fourth-order valence-corrected chi connectivity index (χ4v) is 3.84. The topological polar surface area (TPSA) is 66.5 Å². The number of benzene rings is 2. The number of hydrogen-bond acceptors (Lipinski definition) is 3. The van der Waals surface area contributed by atoms with Gasteiger partial charge in [0.05, 0.1) is 5.69 Å². The quantitative estimate of drug-likeness (QED) is 0.527. The number of hydrogen-bond donors (Lipinski definition) is 1. The van der Waals surface area contributed by atoms with Crippen LogP contribution in [0.4, 0.5) is 10.5 Å². The van der Waals surface area contributed by atoms with E-state index in [1.54, 1.807) is 19.1 Å². The second kappa shape index (κ2) is 7.47. The summed E-state index contributed by atoms with van der Waals surface area (Å²) in [6.07, 6.45) is 0.284. The summed E-state index contributed by atoms with van der Waals surface area (Å²) in [5.74, 6) is -0.347. The van der Waals surface area contributed by atoms with Gasteiger partial charge in [0.15, 0.2) is 5.78 Å². The molecule has 1 fully saturated rings. The van der Waals surface area contributed by atoms with Crippen LogP contribution >= 0.6 is 23.2 Å². The lowest BCUT2D eigenvalue weighted by Gasteiger charge is -2.22. The van der Waals surface area contributed by atoms with Crippen molar-refractivity contribution in [3.63, 3.8) is 0 Å². The molecule has 152 valence electrons. The molecule has 29 heavy (non-hydrogen) atoms. The van der Waals surface area contributed by atoms with Crippen LogP contribution in [-0.4, -0.2) is 23.3 Å². The second-order valence-electron chi connectivity index (χ2n) is 8.48. The molecule has 0 saturated carbocycles. The van der Waals surface area contributed by atoms with Gasteiger partial charge in [0, 0.05) is 27.4 Å². The summed E-state index contributed by atoms with van der Waals surface area (Å²) >= 11 is 12.0. The Balaban J connectivity index is 1.83. The summed E-state index contributed by atoms with van der Waals surface area (Å²) in [6, 6.07) is 11.2. The van der Waals surface area contributed by atoms with Crippen LogP contribution in [0.3, 0.4) is 0 Å². The van der Waals surface area contributed by atoms with Crippen molar-refractivity contribution in [2.24, 2.45) is 5.41 Å². The number of rotatable bonds is 4. The predicted molar refractivity (Wildman–Crippen MR) is 115 cm³/mol. The third-order valence-electron chi connectivity index (χ3n) is 4.82. The zero-order valence-corrected chi connectivity index (χ0v) is 18.2. The molecule has 1 saturated heterocycles. The Morgan fingerprint density at radius 2 is 1.59 bits per heavy atom. The maximum atomic E-state index is 13.1. The third kappa shape index (κ3) is 4.31. The van der Waals surface area contributed by atoms with Gasteiger partial charge in [-0.05, 0) is 30.7 Å². The Morgan fingerprint density at radius 1 is 1.03 bits per heavy atom. The third-order valence-corrected chi connectivity index (χ3v) is 5.26. The Hall–Kier alpha value is -2.37. The predicted octanol–water partition coefficient (Wildman–Crippen LogP) is 5.28. The number of urea groups is 1. The highest BCUT2D eigenvalue weighted by Crippen LogP contribution is 2.31. The minimum absolute atomic E-state index is 0.0458. The molecule has 1 unspecified atom stereocenters. The molecule has 1 atom stereocenters. The lowest BCUT2D eigenvalue weighted by Crippen LogP contribution is -2.46. The Labute approximate surface area is 180 Å². The van der Waals surface area contributed by atoms with E-state index in [0.717, 1.165) is 10.5 Å². The highest BCUT2D eigenvalue weighted by molar-refractivity contribution is 6.35. The van der Waals surface area contributed by atoms with Crippen molar-refractivity contribution in [3.8, 4) is 0 Å². The van der Waals surface area contributed by atoms with E-state index in [0.29, 0.717) is 21.3 Å². The molecule has 0 spiro atoms. The van der Waals surface area contributed by atoms with Crippen molar-refractivity contribution in [2.45, 2.75) is 39.7 Å². The van der Waals surface area contributed by atoms with Crippen LogP contribution in [0.5, 0.6) is 0 Å². The normalized spacial score (nSPS) is 19.4. The molecule has 1 heterocycles.